The summed E-state index contributed by atoms with van der Waals surface area (Å²) in [7, 11) is -0.724. The summed E-state index contributed by atoms with van der Waals surface area (Å²) in [6.07, 6.45) is 0. The van der Waals surface area contributed by atoms with Gasteiger partial charge in [0.2, 0.25) is 10.0 Å². The van der Waals surface area contributed by atoms with Gasteiger partial charge in [0, 0.05) is 18.7 Å². The highest BCUT2D eigenvalue weighted by atomic mass is 35.5. The zero-order valence-electron chi connectivity index (χ0n) is 16.6. The van der Waals surface area contributed by atoms with Gasteiger partial charge in [0.25, 0.3) is 0 Å². The fraction of sp³-hybridized carbons (Fsp3) is 0.400. The van der Waals surface area contributed by atoms with E-state index in [-0.39, 0.29) is 22.5 Å². The highest BCUT2D eigenvalue weighted by Crippen LogP contribution is 2.28. The van der Waals surface area contributed by atoms with E-state index in [0.29, 0.717) is 5.75 Å². The van der Waals surface area contributed by atoms with Crippen LogP contribution in [0, 0.1) is 0 Å². The molecule has 6 nitrogen and oxygen atoms in total. The number of sulfonamides is 1. The van der Waals surface area contributed by atoms with Crippen molar-refractivity contribution >= 4 is 21.6 Å². The van der Waals surface area contributed by atoms with Crippen molar-refractivity contribution in [3.8, 4) is 11.5 Å². The Morgan fingerprint density at radius 2 is 1.68 bits per heavy atom. The van der Waals surface area contributed by atoms with E-state index in [4.69, 9.17) is 21.1 Å². The molecule has 1 N–H and O–H groups in total. The van der Waals surface area contributed by atoms with Crippen LogP contribution in [0.5, 0.6) is 11.5 Å². The first-order chi connectivity index (χ1) is 13.4. The topological polar surface area (TPSA) is 67.9 Å². The number of rotatable bonds is 10. The van der Waals surface area contributed by atoms with Crippen molar-refractivity contribution in [2.45, 2.75) is 24.8 Å². The molecular weight excluding hydrogens is 400 g/mol. The van der Waals surface area contributed by atoms with Crippen LogP contribution in [0.15, 0.2) is 47.4 Å². The number of hydrogen-bond acceptors (Lipinski definition) is 5. The number of benzene rings is 2. The van der Waals surface area contributed by atoms with Gasteiger partial charge in [-0.3, -0.25) is 4.90 Å². The summed E-state index contributed by atoms with van der Waals surface area (Å²) in [4.78, 5) is 2.18. The van der Waals surface area contributed by atoms with Crippen molar-refractivity contribution in [2.24, 2.45) is 0 Å². The van der Waals surface area contributed by atoms with E-state index in [9.17, 15) is 8.42 Å². The lowest BCUT2D eigenvalue weighted by atomic mass is 10.0. The molecular formula is C20H27ClN2O4S. The van der Waals surface area contributed by atoms with Crippen molar-refractivity contribution in [2.75, 3.05) is 33.9 Å². The van der Waals surface area contributed by atoms with Crippen LogP contribution in [0.2, 0.25) is 5.02 Å². The van der Waals surface area contributed by atoms with Crippen LogP contribution in [-0.4, -0.2) is 47.2 Å². The maximum absolute atomic E-state index is 12.9. The Kier molecular flexibility index (Phi) is 8.12. The highest BCUT2D eigenvalue weighted by Gasteiger charge is 2.24. The number of methoxy groups -OCH3 is 2. The molecule has 0 heterocycles. The molecule has 2 aromatic rings. The molecule has 0 bridgehead atoms. The average molecular weight is 427 g/mol. The van der Waals surface area contributed by atoms with E-state index in [1.54, 1.807) is 13.2 Å². The smallest absolute Gasteiger partial charge is 0.242 e. The van der Waals surface area contributed by atoms with E-state index in [1.165, 1.54) is 19.2 Å². The molecule has 154 valence electrons. The highest BCUT2D eigenvalue weighted by molar-refractivity contribution is 7.89. The van der Waals surface area contributed by atoms with Gasteiger partial charge < -0.3 is 9.47 Å². The summed E-state index contributed by atoms with van der Waals surface area (Å²) in [5.41, 5.74) is 0.975. The van der Waals surface area contributed by atoms with E-state index >= 15 is 0 Å². The molecule has 0 spiro atoms. The summed E-state index contributed by atoms with van der Waals surface area (Å²) >= 11 is 6.13. The third-order valence-corrected chi connectivity index (χ3v) is 6.53. The van der Waals surface area contributed by atoms with Crippen LogP contribution in [0.1, 0.15) is 25.5 Å². The predicted molar refractivity (Wildman–Crippen MR) is 112 cm³/mol. The van der Waals surface area contributed by atoms with Crippen molar-refractivity contribution < 1.29 is 17.9 Å². The summed E-state index contributed by atoms with van der Waals surface area (Å²) in [6, 6.07) is 12.1. The van der Waals surface area contributed by atoms with Gasteiger partial charge in [0.15, 0.2) is 0 Å². The fourth-order valence-electron chi connectivity index (χ4n) is 3.05. The molecule has 28 heavy (non-hydrogen) atoms. The SMILES string of the molecule is CCN(CC)C(CNS(=O)(=O)c1cc(OC)ccc1Cl)c1cccc(OC)c1. The molecule has 0 radical (unpaired) electrons. The number of ether oxygens (including phenoxy) is 2. The van der Waals surface area contributed by atoms with Gasteiger partial charge in [-0.1, -0.05) is 37.6 Å². The maximum atomic E-state index is 12.9. The van der Waals surface area contributed by atoms with Gasteiger partial charge in [-0.05, 0) is 42.9 Å². The largest absolute Gasteiger partial charge is 0.497 e. The van der Waals surface area contributed by atoms with Gasteiger partial charge in [-0.15, -0.1) is 0 Å². The lowest BCUT2D eigenvalue weighted by molar-refractivity contribution is 0.219. The van der Waals surface area contributed by atoms with Crippen LogP contribution in [0.3, 0.4) is 0 Å². The van der Waals surface area contributed by atoms with Crippen molar-refractivity contribution in [1.82, 2.24) is 9.62 Å². The summed E-state index contributed by atoms with van der Waals surface area (Å²) < 4.78 is 38.9. The second kappa shape index (κ2) is 10.1. The first-order valence-corrected chi connectivity index (χ1v) is 10.9. The van der Waals surface area contributed by atoms with Gasteiger partial charge in [-0.25, -0.2) is 13.1 Å². The van der Waals surface area contributed by atoms with E-state index < -0.39 is 10.0 Å². The predicted octanol–water partition coefficient (Wildman–Crippen LogP) is 3.72. The lowest BCUT2D eigenvalue weighted by Gasteiger charge is -2.30. The number of nitrogens with zero attached hydrogens (tertiary/aromatic N) is 1. The second-order valence-corrected chi connectivity index (χ2v) is 8.30. The minimum absolute atomic E-state index is 0.00236. The molecule has 1 atom stereocenters. The normalized spacial score (nSPS) is 12.8. The molecule has 0 saturated heterocycles. The minimum Gasteiger partial charge on any atom is -0.497 e. The first-order valence-electron chi connectivity index (χ1n) is 9.07. The third-order valence-electron chi connectivity index (χ3n) is 4.63. The molecule has 0 amide bonds. The fourth-order valence-corrected chi connectivity index (χ4v) is 4.61. The number of hydrogen-bond donors (Lipinski definition) is 1. The minimum atomic E-state index is -3.81. The standard InChI is InChI=1S/C20H27ClN2O4S/c1-5-23(6-2)19(15-8-7-9-16(12-15)26-3)14-22-28(24,25)20-13-17(27-4)10-11-18(20)21/h7-13,19,22H,5-6,14H2,1-4H3. The van der Waals surface area contributed by atoms with Crippen LogP contribution in [0.4, 0.5) is 0 Å². The molecule has 2 rings (SSSR count). The molecule has 1 unspecified atom stereocenters. The molecule has 0 aliphatic heterocycles. The number of halogens is 1. The molecule has 0 fully saturated rings. The Hall–Kier alpha value is -1.80. The Balaban J connectivity index is 2.32. The molecule has 0 saturated carbocycles. The average Bonchev–Trinajstić information content (AvgIpc) is 2.71. The third kappa shape index (κ3) is 5.38. The molecule has 2 aromatic carbocycles. The van der Waals surface area contributed by atoms with Crippen molar-refractivity contribution in [1.29, 1.82) is 0 Å². The monoisotopic (exact) mass is 426 g/mol. The van der Waals surface area contributed by atoms with Gasteiger partial charge >= 0.3 is 0 Å². The van der Waals surface area contributed by atoms with Gasteiger partial charge in [-0.2, -0.15) is 0 Å². The summed E-state index contributed by atoms with van der Waals surface area (Å²) in [5.74, 6) is 1.16. The molecule has 8 heteroatoms. The lowest BCUT2D eigenvalue weighted by Crippen LogP contribution is -2.38. The Morgan fingerprint density at radius 1 is 1.04 bits per heavy atom. The first kappa shape index (κ1) is 22.5. The molecule has 0 aliphatic rings. The zero-order chi connectivity index (χ0) is 20.7. The van der Waals surface area contributed by atoms with Crippen LogP contribution >= 0.6 is 11.6 Å². The molecule has 0 aliphatic carbocycles. The van der Waals surface area contributed by atoms with Gasteiger partial charge in [0.1, 0.15) is 16.4 Å². The molecule has 0 aromatic heterocycles. The quantitative estimate of drug-likeness (QED) is 0.627. The van der Waals surface area contributed by atoms with Crippen molar-refractivity contribution in [3.63, 3.8) is 0 Å². The second-order valence-electron chi connectivity index (χ2n) is 6.16. The van der Waals surface area contributed by atoms with Crippen LogP contribution in [0.25, 0.3) is 0 Å². The van der Waals surface area contributed by atoms with Crippen LogP contribution < -0.4 is 14.2 Å². The van der Waals surface area contributed by atoms with Crippen LogP contribution in [-0.2, 0) is 10.0 Å². The van der Waals surface area contributed by atoms with E-state index in [0.717, 1.165) is 24.4 Å². The van der Waals surface area contributed by atoms with Gasteiger partial charge in [0.05, 0.1) is 19.2 Å². The Morgan fingerprint density at radius 3 is 2.29 bits per heavy atom. The summed E-state index contributed by atoms with van der Waals surface area (Å²) in [5, 5.41) is 0.147. The van der Waals surface area contributed by atoms with E-state index in [1.807, 2.05) is 38.1 Å². The zero-order valence-corrected chi connectivity index (χ0v) is 18.2. The Labute approximate surface area is 172 Å². The van der Waals surface area contributed by atoms with Crippen molar-refractivity contribution in [3.05, 3.63) is 53.1 Å². The number of likely N-dealkylation sites (N-methyl/N-ethyl adjacent to an activating group) is 1. The summed E-state index contributed by atoms with van der Waals surface area (Å²) in [6.45, 7) is 5.85. The van der Waals surface area contributed by atoms with E-state index in [2.05, 4.69) is 9.62 Å². The number of nitrogens with one attached hydrogen (secondary N) is 1. The Bertz CT molecular complexity index is 886. The maximum Gasteiger partial charge on any atom is 0.242 e.